The van der Waals surface area contributed by atoms with Crippen LogP contribution in [-0.2, 0) is 28.4 Å². The molecule has 4 bridgehead atoms. The molecule has 0 saturated carbocycles. The molecule has 3 heterocycles. The van der Waals surface area contributed by atoms with Gasteiger partial charge in [-0.1, -0.05) is 71.2 Å². The number of hydrogen-bond donors (Lipinski definition) is 0. The van der Waals surface area contributed by atoms with Crippen LogP contribution < -0.4 is 0 Å². The Morgan fingerprint density at radius 1 is 0.444 bits per heavy atom. The summed E-state index contributed by atoms with van der Waals surface area (Å²) in [6.45, 7) is 0.448. The third-order valence-electron chi connectivity index (χ3n) is 6.47. The SMILES string of the molecule is Clc1ccc(C2OC[C@@H]3OC(c4ccc(Cl)cc4)O[C@H]4[C@@H]3OC(c3ccc(Cl)cc3)O[C@@H]4CO2)cc1. The number of ether oxygens (including phenoxy) is 6. The molecule has 6 rings (SSSR count). The van der Waals surface area contributed by atoms with Crippen molar-refractivity contribution in [3.05, 3.63) is 105 Å². The van der Waals surface area contributed by atoms with Gasteiger partial charge in [0.05, 0.1) is 13.2 Å². The van der Waals surface area contributed by atoms with E-state index >= 15 is 0 Å². The molecule has 6 nitrogen and oxygen atoms in total. The van der Waals surface area contributed by atoms with Gasteiger partial charge in [0.15, 0.2) is 18.9 Å². The molecular formula is C27H23Cl3O6. The van der Waals surface area contributed by atoms with Gasteiger partial charge in [-0.25, -0.2) is 0 Å². The summed E-state index contributed by atoms with van der Waals surface area (Å²) in [5.41, 5.74) is 2.53. The molecule has 0 aliphatic carbocycles. The van der Waals surface area contributed by atoms with Gasteiger partial charge in [-0.3, -0.25) is 0 Å². The third-order valence-corrected chi connectivity index (χ3v) is 7.22. The first-order valence-electron chi connectivity index (χ1n) is 11.6. The summed E-state index contributed by atoms with van der Waals surface area (Å²) in [6, 6.07) is 22.1. The molecule has 7 atom stereocenters. The van der Waals surface area contributed by atoms with Crippen molar-refractivity contribution in [3.8, 4) is 0 Å². The Balaban J connectivity index is 1.31. The molecule has 36 heavy (non-hydrogen) atoms. The molecule has 9 heteroatoms. The summed E-state index contributed by atoms with van der Waals surface area (Å²) in [6.07, 6.45) is -3.67. The lowest BCUT2D eigenvalue weighted by atomic mass is 9.99. The van der Waals surface area contributed by atoms with Gasteiger partial charge >= 0.3 is 0 Å². The van der Waals surface area contributed by atoms with E-state index in [-0.39, 0.29) is 13.2 Å². The van der Waals surface area contributed by atoms with Crippen LogP contribution >= 0.6 is 34.8 Å². The van der Waals surface area contributed by atoms with Crippen LogP contribution in [0.5, 0.6) is 0 Å². The van der Waals surface area contributed by atoms with Gasteiger partial charge in [-0.2, -0.15) is 0 Å². The number of rotatable bonds is 3. The maximum atomic E-state index is 6.41. The van der Waals surface area contributed by atoms with Crippen LogP contribution in [-0.4, -0.2) is 37.6 Å². The van der Waals surface area contributed by atoms with Gasteiger partial charge in [0.25, 0.3) is 0 Å². The van der Waals surface area contributed by atoms with Gasteiger partial charge in [0.2, 0.25) is 0 Å². The highest BCUT2D eigenvalue weighted by molar-refractivity contribution is 6.31. The summed E-state index contributed by atoms with van der Waals surface area (Å²) in [5, 5.41) is 1.91. The largest absolute Gasteiger partial charge is 0.346 e. The van der Waals surface area contributed by atoms with E-state index in [9.17, 15) is 0 Å². The maximum Gasteiger partial charge on any atom is 0.184 e. The van der Waals surface area contributed by atoms with E-state index in [1.165, 1.54) is 0 Å². The zero-order chi connectivity index (χ0) is 24.6. The number of benzene rings is 3. The average Bonchev–Trinajstić information content (AvgIpc) is 2.92. The van der Waals surface area contributed by atoms with Crippen LogP contribution in [0.3, 0.4) is 0 Å². The van der Waals surface area contributed by atoms with Crippen molar-refractivity contribution in [3.63, 3.8) is 0 Å². The first-order chi connectivity index (χ1) is 17.5. The Labute approximate surface area is 223 Å². The smallest absolute Gasteiger partial charge is 0.184 e. The summed E-state index contributed by atoms with van der Waals surface area (Å²) in [5.74, 6) is 0. The van der Waals surface area contributed by atoms with E-state index in [0.29, 0.717) is 15.1 Å². The number of hydrogen-bond acceptors (Lipinski definition) is 6. The second-order valence-corrected chi connectivity index (χ2v) is 10.2. The van der Waals surface area contributed by atoms with Crippen LogP contribution in [0, 0.1) is 0 Å². The number of halogens is 3. The van der Waals surface area contributed by atoms with E-state index in [0.717, 1.165) is 16.7 Å². The fourth-order valence-corrected chi connectivity index (χ4v) is 5.00. The van der Waals surface area contributed by atoms with Gasteiger partial charge in [0, 0.05) is 31.8 Å². The van der Waals surface area contributed by atoms with Crippen molar-refractivity contribution >= 4 is 34.8 Å². The minimum Gasteiger partial charge on any atom is -0.346 e. The molecule has 0 radical (unpaired) electrons. The molecule has 3 aliphatic rings. The molecule has 0 aromatic heterocycles. The molecule has 188 valence electrons. The molecule has 3 saturated heterocycles. The molecule has 3 aromatic carbocycles. The van der Waals surface area contributed by atoms with Gasteiger partial charge in [0.1, 0.15) is 24.4 Å². The van der Waals surface area contributed by atoms with Crippen molar-refractivity contribution in [2.24, 2.45) is 0 Å². The minimum atomic E-state index is -0.633. The molecule has 0 N–H and O–H groups in total. The molecule has 3 aromatic rings. The van der Waals surface area contributed by atoms with Gasteiger partial charge in [-0.15, -0.1) is 0 Å². The standard InChI is InChI=1S/C27H23Cl3O6/c28-18-7-1-15(2-8-18)25-31-13-21-24-23(35-26(33-21)16-3-9-19(29)10-4-16)22(14-32-25)34-27(36-24)17-5-11-20(30)12-6-17/h1-12,21-27H,13-14H2/t21-,22+,23-,24-,25?,26?,27?/m1/s1. The lowest BCUT2D eigenvalue weighted by Gasteiger charge is -2.48. The zero-order valence-electron chi connectivity index (χ0n) is 19.0. The molecule has 3 aliphatic heterocycles. The minimum absolute atomic E-state index is 0.224. The van der Waals surface area contributed by atoms with E-state index in [1.807, 2.05) is 36.4 Å². The zero-order valence-corrected chi connectivity index (χ0v) is 21.2. The average molecular weight is 550 g/mol. The fourth-order valence-electron chi connectivity index (χ4n) is 4.62. The summed E-state index contributed by atoms with van der Waals surface area (Å²) in [7, 11) is 0. The lowest BCUT2D eigenvalue weighted by molar-refractivity contribution is -0.384. The normalized spacial score (nSPS) is 32.2. The maximum absolute atomic E-state index is 6.41. The molecule has 0 amide bonds. The van der Waals surface area contributed by atoms with Crippen molar-refractivity contribution in [1.29, 1.82) is 0 Å². The second kappa shape index (κ2) is 10.6. The van der Waals surface area contributed by atoms with Crippen molar-refractivity contribution in [2.75, 3.05) is 13.2 Å². The van der Waals surface area contributed by atoms with Crippen molar-refractivity contribution in [1.82, 2.24) is 0 Å². The van der Waals surface area contributed by atoms with Crippen molar-refractivity contribution in [2.45, 2.75) is 43.3 Å². The molecule has 3 fully saturated rings. The fraction of sp³-hybridized carbons (Fsp3) is 0.333. The predicted molar refractivity (Wildman–Crippen MR) is 134 cm³/mol. The van der Waals surface area contributed by atoms with Crippen LogP contribution in [0.15, 0.2) is 72.8 Å². The molecule has 3 unspecified atom stereocenters. The van der Waals surface area contributed by atoms with E-state index in [4.69, 9.17) is 63.2 Å². The van der Waals surface area contributed by atoms with Gasteiger partial charge < -0.3 is 28.4 Å². The Hall–Kier alpha value is -1.71. The Kier molecular flexibility index (Phi) is 7.23. The Morgan fingerprint density at radius 3 is 1.14 bits per heavy atom. The van der Waals surface area contributed by atoms with E-state index in [2.05, 4.69) is 0 Å². The Morgan fingerprint density at radius 2 is 0.778 bits per heavy atom. The monoisotopic (exact) mass is 548 g/mol. The topological polar surface area (TPSA) is 55.4 Å². The van der Waals surface area contributed by atoms with Gasteiger partial charge in [-0.05, 0) is 36.4 Å². The molecule has 0 spiro atoms. The van der Waals surface area contributed by atoms with Crippen LogP contribution in [0.2, 0.25) is 15.1 Å². The van der Waals surface area contributed by atoms with Crippen LogP contribution in [0.4, 0.5) is 0 Å². The van der Waals surface area contributed by atoms with E-state index < -0.39 is 43.3 Å². The second-order valence-electron chi connectivity index (χ2n) is 8.87. The summed E-state index contributed by atoms with van der Waals surface area (Å²) < 4.78 is 38.1. The van der Waals surface area contributed by atoms with Crippen LogP contribution in [0.1, 0.15) is 35.6 Å². The third kappa shape index (κ3) is 5.16. The molecular weight excluding hydrogens is 527 g/mol. The van der Waals surface area contributed by atoms with E-state index in [1.54, 1.807) is 36.4 Å². The Bertz CT molecular complexity index is 1100. The summed E-state index contributed by atoms with van der Waals surface area (Å²) in [4.78, 5) is 0. The summed E-state index contributed by atoms with van der Waals surface area (Å²) >= 11 is 18.3. The first-order valence-corrected chi connectivity index (χ1v) is 12.8. The lowest BCUT2D eigenvalue weighted by Crippen LogP contribution is -2.59. The quantitative estimate of drug-likeness (QED) is 0.364. The van der Waals surface area contributed by atoms with Crippen LogP contribution in [0.25, 0.3) is 0 Å². The highest BCUT2D eigenvalue weighted by atomic mass is 35.5. The highest BCUT2D eigenvalue weighted by Gasteiger charge is 2.51. The van der Waals surface area contributed by atoms with Crippen molar-refractivity contribution < 1.29 is 28.4 Å². The predicted octanol–water partition coefficient (Wildman–Crippen LogP) is 6.66. The first kappa shape index (κ1) is 24.6. The highest BCUT2D eigenvalue weighted by Crippen LogP contribution is 2.42.